The van der Waals surface area contributed by atoms with Gasteiger partial charge in [-0.2, -0.15) is 0 Å². The van der Waals surface area contributed by atoms with Crippen LogP contribution < -0.4 is 16.3 Å². The van der Waals surface area contributed by atoms with Gasteiger partial charge in [-0.25, -0.2) is 9.59 Å². The molecule has 1 heterocycles. The van der Waals surface area contributed by atoms with Gasteiger partial charge in [0.15, 0.2) is 0 Å². The first-order chi connectivity index (χ1) is 5.72. The van der Waals surface area contributed by atoms with E-state index in [0.717, 1.165) is 0 Å². The molecule has 0 unspecified atom stereocenters. The highest BCUT2D eigenvalue weighted by atomic mass is 16.2. The molecule has 0 bridgehead atoms. The number of imidazole rings is 1. The van der Waals surface area contributed by atoms with E-state index < -0.39 is 0 Å². The predicted octanol–water partition coefficient (Wildman–Crippen LogP) is -0.868. The molecular weight excluding hydrogens is 160 g/mol. The third kappa shape index (κ3) is 2.15. The van der Waals surface area contributed by atoms with Crippen LogP contribution in [0.1, 0.15) is 5.69 Å². The van der Waals surface area contributed by atoms with Gasteiger partial charge in [0, 0.05) is 13.2 Å². The maximum Gasteiger partial charge on any atom is 0.323 e. The summed E-state index contributed by atoms with van der Waals surface area (Å²) in [7, 11) is 1.52. The van der Waals surface area contributed by atoms with E-state index in [1.807, 2.05) is 0 Å². The SMILES string of the molecule is CNC(=O)NCc1c[nH]c(=O)[nH]1. The quantitative estimate of drug-likeness (QED) is 0.465. The summed E-state index contributed by atoms with van der Waals surface area (Å²) in [5.41, 5.74) is 0.368. The fourth-order valence-corrected chi connectivity index (χ4v) is 0.730. The Bertz CT molecular complexity index is 313. The summed E-state index contributed by atoms with van der Waals surface area (Å²) in [6, 6.07) is -0.281. The number of aromatic nitrogens is 2. The van der Waals surface area contributed by atoms with E-state index in [0.29, 0.717) is 12.2 Å². The molecular formula is C6H10N4O2. The van der Waals surface area contributed by atoms with Crippen molar-refractivity contribution in [1.82, 2.24) is 20.6 Å². The fraction of sp³-hybridized carbons (Fsp3) is 0.333. The van der Waals surface area contributed by atoms with Crippen molar-refractivity contribution in [2.45, 2.75) is 6.54 Å². The number of hydrogen-bond donors (Lipinski definition) is 4. The van der Waals surface area contributed by atoms with Crippen molar-refractivity contribution in [3.63, 3.8) is 0 Å². The topological polar surface area (TPSA) is 89.8 Å². The van der Waals surface area contributed by atoms with Crippen molar-refractivity contribution in [2.75, 3.05) is 7.05 Å². The Kier molecular flexibility index (Phi) is 2.52. The summed E-state index contributed by atoms with van der Waals surface area (Å²) in [5.74, 6) is 0. The van der Waals surface area contributed by atoms with Crippen LogP contribution in [0.2, 0.25) is 0 Å². The van der Waals surface area contributed by atoms with Crippen molar-refractivity contribution in [3.8, 4) is 0 Å². The van der Waals surface area contributed by atoms with Crippen molar-refractivity contribution >= 4 is 6.03 Å². The summed E-state index contributed by atoms with van der Waals surface area (Å²) in [5, 5.41) is 4.91. The van der Waals surface area contributed by atoms with Crippen LogP contribution in [-0.4, -0.2) is 23.0 Å². The molecule has 0 radical (unpaired) electrons. The predicted molar refractivity (Wildman–Crippen MR) is 42.7 cm³/mol. The molecule has 1 aromatic rings. The van der Waals surface area contributed by atoms with Crippen molar-refractivity contribution in [3.05, 3.63) is 22.4 Å². The highest BCUT2D eigenvalue weighted by Gasteiger charge is 1.97. The average molecular weight is 170 g/mol. The number of amides is 2. The molecule has 0 spiro atoms. The van der Waals surface area contributed by atoms with E-state index in [2.05, 4.69) is 20.6 Å². The van der Waals surface area contributed by atoms with Crippen LogP contribution in [0.3, 0.4) is 0 Å². The minimum atomic E-state index is -0.281. The van der Waals surface area contributed by atoms with Gasteiger partial charge in [-0.3, -0.25) is 0 Å². The fourth-order valence-electron chi connectivity index (χ4n) is 0.730. The van der Waals surface area contributed by atoms with Crippen molar-refractivity contribution in [1.29, 1.82) is 0 Å². The normalized spacial score (nSPS) is 9.42. The number of rotatable bonds is 2. The number of aromatic amines is 2. The molecule has 0 fully saturated rings. The monoisotopic (exact) mass is 170 g/mol. The lowest BCUT2D eigenvalue weighted by molar-refractivity contribution is 0.242. The number of carbonyl (C=O) groups is 1. The maximum absolute atomic E-state index is 10.7. The zero-order valence-electron chi connectivity index (χ0n) is 6.60. The summed E-state index contributed by atoms with van der Waals surface area (Å²) in [6.07, 6.45) is 1.51. The van der Waals surface area contributed by atoms with Crippen LogP contribution in [0.25, 0.3) is 0 Å². The van der Waals surface area contributed by atoms with E-state index in [1.54, 1.807) is 0 Å². The lowest BCUT2D eigenvalue weighted by atomic mass is 10.5. The molecule has 1 aromatic heterocycles. The van der Waals surface area contributed by atoms with Crippen LogP contribution in [0, 0.1) is 0 Å². The molecule has 12 heavy (non-hydrogen) atoms. The number of nitrogens with one attached hydrogen (secondary N) is 4. The number of carbonyl (C=O) groups excluding carboxylic acids is 1. The molecule has 0 aromatic carbocycles. The number of H-pyrrole nitrogens is 2. The standard InChI is InChI=1S/C6H10N4O2/c1-7-5(11)8-2-4-3-9-6(12)10-4/h3H,2H2,1H3,(H2,7,8,11)(H2,9,10,12). The minimum absolute atomic E-state index is 0.274. The largest absolute Gasteiger partial charge is 0.341 e. The van der Waals surface area contributed by atoms with Crippen LogP contribution in [0.15, 0.2) is 11.0 Å². The minimum Gasteiger partial charge on any atom is -0.341 e. The molecule has 6 heteroatoms. The van der Waals surface area contributed by atoms with Crippen molar-refractivity contribution < 1.29 is 4.79 Å². The lowest BCUT2D eigenvalue weighted by Gasteiger charge is -2.00. The first kappa shape index (κ1) is 8.38. The second-order valence-electron chi connectivity index (χ2n) is 2.20. The molecule has 0 aliphatic heterocycles. The maximum atomic E-state index is 10.7. The van der Waals surface area contributed by atoms with Gasteiger partial charge >= 0.3 is 11.7 Å². The summed E-state index contributed by atoms with van der Waals surface area (Å²) < 4.78 is 0. The van der Waals surface area contributed by atoms with Crippen LogP contribution in [0.4, 0.5) is 4.79 Å². The number of urea groups is 1. The Morgan fingerprint density at radius 1 is 1.67 bits per heavy atom. The van der Waals surface area contributed by atoms with Crippen LogP contribution >= 0.6 is 0 Å². The Morgan fingerprint density at radius 3 is 2.92 bits per heavy atom. The smallest absolute Gasteiger partial charge is 0.323 e. The molecule has 2 amide bonds. The van der Waals surface area contributed by atoms with Gasteiger partial charge in [-0.05, 0) is 0 Å². The Balaban J connectivity index is 2.43. The third-order valence-corrected chi connectivity index (χ3v) is 1.32. The van der Waals surface area contributed by atoms with Gasteiger partial charge in [-0.1, -0.05) is 0 Å². The van der Waals surface area contributed by atoms with Gasteiger partial charge in [0.25, 0.3) is 0 Å². The Labute approximate surface area is 68.4 Å². The molecule has 4 N–H and O–H groups in total. The molecule has 6 nitrogen and oxygen atoms in total. The third-order valence-electron chi connectivity index (χ3n) is 1.32. The van der Waals surface area contributed by atoms with Gasteiger partial charge in [0.1, 0.15) is 0 Å². The lowest BCUT2D eigenvalue weighted by Crippen LogP contribution is -2.32. The van der Waals surface area contributed by atoms with E-state index >= 15 is 0 Å². The Hall–Kier alpha value is -1.72. The molecule has 1 rings (SSSR count). The van der Waals surface area contributed by atoms with Crippen LogP contribution in [-0.2, 0) is 6.54 Å². The second kappa shape index (κ2) is 3.61. The van der Waals surface area contributed by atoms with E-state index in [1.165, 1.54) is 13.2 Å². The van der Waals surface area contributed by atoms with Gasteiger partial charge in [0.05, 0.1) is 12.2 Å². The zero-order valence-corrected chi connectivity index (χ0v) is 6.60. The Morgan fingerprint density at radius 2 is 2.42 bits per heavy atom. The molecule has 66 valence electrons. The highest BCUT2D eigenvalue weighted by Crippen LogP contribution is 1.84. The number of hydrogen-bond acceptors (Lipinski definition) is 2. The first-order valence-electron chi connectivity index (χ1n) is 3.44. The van der Waals surface area contributed by atoms with E-state index in [9.17, 15) is 9.59 Å². The zero-order chi connectivity index (χ0) is 8.97. The second-order valence-corrected chi connectivity index (χ2v) is 2.20. The highest BCUT2D eigenvalue weighted by molar-refractivity contribution is 5.73. The molecule has 0 saturated heterocycles. The van der Waals surface area contributed by atoms with Crippen molar-refractivity contribution in [2.24, 2.45) is 0 Å². The summed E-state index contributed by atoms with van der Waals surface area (Å²) in [4.78, 5) is 26.2. The van der Waals surface area contributed by atoms with Gasteiger partial charge in [0.2, 0.25) is 0 Å². The first-order valence-corrected chi connectivity index (χ1v) is 3.44. The molecule has 0 atom stereocenters. The average Bonchev–Trinajstić information content (AvgIpc) is 2.47. The molecule has 0 aliphatic carbocycles. The van der Waals surface area contributed by atoms with Gasteiger partial charge in [-0.15, -0.1) is 0 Å². The van der Waals surface area contributed by atoms with Crippen LogP contribution in [0.5, 0.6) is 0 Å². The van der Waals surface area contributed by atoms with E-state index in [-0.39, 0.29) is 11.7 Å². The summed E-state index contributed by atoms with van der Waals surface area (Å²) in [6.45, 7) is 0.304. The summed E-state index contributed by atoms with van der Waals surface area (Å²) >= 11 is 0. The van der Waals surface area contributed by atoms with Gasteiger partial charge < -0.3 is 20.6 Å². The molecule has 0 aliphatic rings. The molecule has 0 saturated carbocycles. The van der Waals surface area contributed by atoms with E-state index in [4.69, 9.17) is 0 Å².